The van der Waals surface area contributed by atoms with Crippen LogP contribution in [0.1, 0.15) is 33.9 Å². The van der Waals surface area contributed by atoms with Gasteiger partial charge in [0.05, 0.1) is 11.8 Å². The molecule has 0 saturated heterocycles. The van der Waals surface area contributed by atoms with Crippen molar-refractivity contribution < 1.29 is 9.90 Å². The van der Waals surface area contributed by atoms with Crippen LogP contribution in [0.15, 0.2) is 6.07 Å². The number of nitrogens with zero attached hydrogens (tertiary/aromatic N) is 1. The van der Waals surface area contributed by atoms with Gasteiger partial charge in [0.25, 0.3) is 5.91 Å². The summed E-state index contributed by atoms with van der Waals surface area (Å²) in [4.78, 5) is 17.2. The average Bonchev–Trinajstić information content (AvgIpc) is 2.64. The summed E-state index contributed by atoms with van der Waals surface area (Å²) in [6.07, 6.45) is 0.959. The molecule has 2 aromatic rings. The molecule has 106 valence electrons. The fourth-order valence-electron chi connectivity index (χ4n) is 2.60. The fraction of sp³-hybridized carbons (Fsp3) is 0.429. The molecule has 1 amide bonds. The number of aryl methyl sites for hydroxylation is 2. The normalized spacial score (nSPS) is 21.8. The van der Waals surface area contributed by atoms with Crippen molar-refractivity contribution >= 4 is 33.0 Å². The molecule has 0 spiro atoms. The Labute approximate surface area is 120 Å². The molecular weight excluding hydrogens is 274 g/mol. The molecule has 2 aromatic heterocycles. The molecule has 6 heteroatoms. The van der Waals surface area contributed by atoms with Crippen molar-refractivity contribution in [2.45, 2.75) is 38.8 Å². The van der Waals surface area contributed by atoms with Gasteiger partial charge in [-0.05, 0) is 32.8 Å². The SMILES string of the molecule is Cc1cc2sc(C(=O)NC3CC(O)C3)c(N)c2c(C)n1. The highest BCUT2D eigenvalue weighted by molar-refractivity contribution is 7.21. The quantitative estimate of drug-likeness (QED) is 0.786. The number of carbonyl (C=O) groups excluding carboxylic acids is 1. The van der Waals surface area contributed by atoms with Gasteiger partial charge < -0.3 is 16.2 Å². The smallest absolute Gasteiger partial charge is 0.263 e. The Balaban J connectivity index is 1.93. The first kappa shape index (κ1) is 13.3. The topological polar surface area (TPSA) is 88.2 Å². The Kier molecular flexibility index (Phi) is 3.14. The summed E-state index contributed by atoms with van der Waals surface area (Å²) in [5.41, 5.74) is 8.40. The number of hydrogen-bond donors (Lipinski definition) is 3. The number of thiophene rings is 1. The molecule has 0 unspecified atom stereocenters. The molecule has 3 rings (SSSR count). The van der Waals surface area contributed by atoms with Gasteiger partial charge in [-0.3, -0.25) is 9.78 Å². The summed E-state index contributed by atoms with van der Waals surface area (Å²) in [5, 5.41) is 13.0. The van der Waals surface area contributed by atoms with Crippen LogP contribution in [-0.2, 0) is 0 Å². The van der Waals surface area contributed by atoms with E-state index in [1.165, 1.54) is 11.3 Å². The van der Waals surface area contributed by atoms with Crippen LogP contribution in [-0.4, -0.2) is 28.1 Å². The molecular formula is C14H17N3O2S. The second kappa shape index (κ2) is 4.71. The molecule has 4 N–H and O–H groups in total. The van der Waals surface area contributed by atoms with E-state index in [4.69, 9.17) is 5.73 Å². The molecule has 1 aliphatic rings. The van der Waals surface area contributed by atoms with E-state index in [-0.39, 0.29) is 18.1 Å². The fourth-order valence-corrected chi connectivity index (χ4v) is 3.78. The second-order valence-electron chi connectivity index (χ2n) is 5.36. The molecule has 20 heavy (non-hydrogen) atoms. The summed E-state index contributed by atoms with van der Waals surface area (Å²) in [6.45, 7) is 3.83. The van der Waals surface area contributed by atoms with Crippen molar-refractivity contribution in [2.75, 3.05) is 5.73 Å². The van der Waals surface area contributed by atoms with Crippen LogP contribution in [0, 0.1) is 13.8 Å². The van der Waals surface area contributed by atoms with E-state index in [9.17, 15) is 9.90 Å². The second-order valence-corrected chi connectivity index (χ2v) is 6.41. The number of aliphatic hydroxyl groups is 1. The van der Waals surface area contributed by atoms with Gasteiger partial charge in [-0.2, -0.15) is 0 Å². The number of amides is 1. The Morgan fingerprint density at radius 1 is 1.50 bits per heavy atom. The molecule has 0 radical (unpaired) electrons. The maximum atomic E-state index is 12.3. The first-order valence-corrected chi connectivity index (χ1v) is 7.42. The third-order valence-corrected chi connectivity index (χ3v) is 4.82. The summed E-state index contributed by atoms with van der Waals surface area (Å²) in [6, 6.07) is 2.01. The minimum absolute atomic E-state index is 0.0584. The van der Waals surface area contributed by atoms with Gasteiger partial charge in [-0.1, -0.05) is 0 Å². The molecule has 0 aliphatic heterocycles. The number of hydrogen-bond acceptors (Lipinski definition) is 5. The van der Waals surface area contributed by atoms with E-state index in [0.29, 0.717) is 23.4 Å². The van der Waals surface area contributed by atoms with Gasteiger partial charge in [0, 0.05) is 27.5 Å². The number of aliphatic hydroxyl groups excluding tert-OH is 1. The lowest BCUT2D eigenvalue weighted by Gasteiger charge is -2.31. The van der Waals surface area contributed by atoms with Crippen molar-refractivity contribution in [1.82, 2.24) is 10.3 Å². The predicted molar refractivity (Wildman–Crippen MR) is 80.0 cm³/mol. The van der Waals surface area contributed by atoms with Gasteiger partial charge in [0.2, 0.25) is 0 Å². The first-order chi connectivity index (χ1) is 9.45. The van der Waals surface area contributed by atoms with Crippen molar-refractivity contribution in [2.24, 2.45) is 0 Å². The summed E-state index contributed by atoms with van der Waals surface area (Å²) >= 11 is 1.40. The third kappa shape index (κ3) is 2.14. The number of carbonyl (C=O) groups is 1. The van der Waals surface area contributed by atoms with Gasteiger partial charge in [-0.25, -0.2) is 0 Å². The lowest BCUT2D eigenvalue weighted by atomic mass is 9.89. The number of anilines is 1. The van der Waals surface area contributed by atoms with Gasteiger partial charge in [-0.15, -0.1) is 11.3 Å². The van der Waals surface area contributed by atoms with Crippen molar-refractivity contribution in [1.29, 1.82) is 0 Å². The van der Waals surface area contributed by atoms with Crippen LogP contribution in [0.5, 0.6) is 0 Å². The summed E-state index contributed by atoms with van der Waals surface area (Å²) in [7, 11) is 0. The van der Waals surface area contributed by atoms with Crippen molar-refractivity contribution in [3.63, 3.8) is 0 Å². The van der Waals surface area contributed by atoms with E-state index >= 15 is 0 Å². The number of fused-ring (bicyclic) bond motifs is 1. The van der Waals surface area contributed by atoms with Crippen LogP contribution in [0.2, 0.25) is 0 Å². The lowest BCUT2D eigenvalue weighted by molar-refractivity contribution is 0.0565. The van der Waals surface area contributed by atoms with E-state index in [2.05, 4.69) is 10.3 Å². The van der Waals surface area contributed by atoms with Crippen molar-refractivity contribution in [3.05, 3.63) is 22.3 Å². The number of pyridine rings is 1. The maximum Gasteiger partial charge on any atom is 0.263 e. The first-order valence-electron chi connectivity index (χ1n) is 6.61. The largest absolute Gasteiger partial charge is 0.397 e. The Hall–Kier alpha value is -1.66. The number of aromatic nitrogens is 1. The molecule has 0 atom stereocenters. The number of rotatable bonds is 2. The molecule has 1 saturated carbocycles. The minimum Gasteiger partial charge on any atom is -0.397 e. The third-order valence-electron chi connectivity index (χ3n) is 3.67. The minimum atomic E-state index is -0.283. The lowest BCUT2D eigenvalue weighted by Crippen LogP contribution is -2.46. The highest BCUT2D eigenvalue weighted by Gasteiger charge is 2.30. The highest BCUT2D eigenvalue weighted by atomic mass is 32.1. The number of nitrogen functional groups attached to an aromatic ring is 1. The van der Waals surface area contributed by atoms with Crippen LogP contribution in [0.3, 0.4) is 0 Å². The van der Waals surface area contributed by atoms with Crippen LogP contribution < -0.4 is 11.1 Å². The Bertz CT molecular complexity index is 689. The monoisotopic (exact) mass is 291 g/mol. The standard InChI is InChI=1S/C14H17N3O2S/c1-6-3-10-11(7(2)16-6)12(15)13(20-10)14(19)17-8-4-9(18)5-8/h3,8-9,18H,4-5,15H2,1-2H3,(H,17,19). The van der Waals surface area contributed by atoms with E-state index in [1.807, 2.05) is 19.9 Å². The zero-order chi connectivity index (χ0) is 14.4. The molecule has 5 nitrogen and oxygen atoms in total. The average molecular weight is 291 g/mol. The molecule has 1 aliphatic carbocycles. The van der Waals surface area contributed by atoms with E-state index in [1.54, 1.807) is 0 Å². The molecule has 0 aromatic carbocycles. The molecule has 0 bridgehead atoms. The van der Waals surface area contributed by atoms with Gasteiger partial charge in [0.15, 0.2) is 0 Å². The molecule has 2 heterocycles. The van der Waals surface area contributed by atoms with Crippen LogP contribution in [0.4, 0.5) is 5.69 Å². The van der Waals surface area contributed by atoms with E-state index in [0.717, 1.165) is 21.5 Å². The number of nitrogens with two attached hydrogens (primary N) is 1. The zero-order valence-electron chi connectivity index (χ0n) is 11.4. The van der Waals surface area contributed by atoms with Gasteiger partial charge >= 0.3 is 0 Å². The van der Waals surface area contributed by atoms with E-state index < -0.39 is 0 Å². The summed E-state index contributed by atoms with van der Waals surface area (Å²) in [5.74, 6) is -0.155. The zero-order valence-corrected chi connectivity index (χ0v) is 12.3. The number of nitrogens with one attached hydrogen (secondary N) is 1. The predicted octanol–water partition coefficient (Wildman–Crippen LogP) is 1.75. The van der Waals surface area contributed by atoms with Crippen LogP contribution in [0.25, 0.3) is 10.1 Å². The van der Waals surface area contributed by atoms with Crippen molar-refractivity contribution in [3.8, 4) is 0 Å². The Morgan fingerprint density at radius 2 is 2.20 bits per heavy atom. The highest BCUT2D eigenvalue weighted by Crippen LogP contribution is 2.35. The Morgan fingerprint density at radius 3 is 2.85 bits per heavy atom. The maximum absolute atomic E-state index is 12.3. The summed E-state index contributed by atoms with van der Waals surface area (Å²) < 4.78 is 0.992. The van der Waals surface area contributed by atoms with Crippen LogP contribution >= 0.6 is 11.3 Å². The van der Waals surface area contributed by atoms with Gasteiger partial charge in [0.1, 0.15) is 4.88 Å². The molecule has 1 fully saturated rings.